The number of aromatic nitrogens is 3. The standard InChI is InChI=1S/C21H16F3N5O3/c22-21(23,24)20-28-16-11-15(4-5-17(16)32-20)27-19(31)13-2-1-3-14(10-13)26-18(30)6-8-29-9-7-25-12-29/h1-5,7,9-12H,6,8H2,(H,26,30)(H,27,31). The van der Waals surface area contributed by atoms with Crippen LogP contribution < -0.4 is 10.6 Å². The minimum absolute atomic E-state index is 0.0333. The number of fused-ring (bicyclic) bond motifs is 1. The van der Waals surface area contributed by atoms with Crippen molar-refractivity contribution in [2.45, 2.75) is 19.1 Å². The Kier molecular flexibility index (Phi) is 5.63. The zero-order valence-electron chi connectivity index (χ0n) is 16.4. The highest BCUT2D eigenvalue weighted by atomic mass is 19.4. The summed E-state index contributed by atoms with van der Waals surface area (Å²) in [6.45, 7) is 0.465. The van der Waals surface area contributed by atoms with Crippen LogP contribution in [0, 0.1) is 0 Å². The average Bonchev–Trinajstić information content (AvgIpc) is 3.41. The Morgan fingerprint density at radius 3 is 2.62 bits per heavy atom. The second-order valence-electron chi connectivity index (χ2n) is 6.83. The van der Waals surface area contributed by atoms with Crippen LogP contribution in [0.3, 0.4) is 0 Å². The molecule has 0 aliphatic carbocycles. The molecule has 2 amide bonds. The molecule has 0 atom stereocenters. The number of carbonyl (C=O) groups is 2. The molecular formula is C21H16F3N5O3. The average molecular weight is 443 g/mol. The van der Waals surface area contributed by atoms with Crippen molar-refractivity contribution in [3.63, 3.8) is 0 Å². The second kappa shape index (κ2) is 8.53. The van der Waals surface area contributed by atoms with E-state index in [0.29, 0.717) is 12.2 Å². The molecule has 2 heterocycles. The van der Waals surface area contributed by atoms with E-state index in [1.165, 1.54) is 24.3 Å². The largest absolute Gasteiger partial charge is 0.468 e. The van der Waals surface area contributed by atoms with Crippen molar-refractivity contribution in [2.24, 2.45) is 0 Å². The fourth-order valence-corrected chi connectivity index (χ4v) is 2.94. The van der Waals surface area contributed by atoms with Gasteiger partial charge in [-0.15, -0.1) is 0 Å². The van der Waals surface area contributed by atoms with E-state index in [4.69, 9.17) is 0 Å². The third kappa shape index (κ3) is 4.94. The highest BCUT2D eigenvalue weighted by molar-refractivity contribution is 6.06. The Labute approximate surface area is 179 Å². The molecule has 4 rings (SSSR count). The molecule has 32 heavy (non-hydrogen) atoms. The van der Waals surface area contributed by atoms with Gasteiger partial charge in [0.2, 0.25) is 5.91 Å². The molecule has 0 saturated carbocycles. The summed E-state index contributed by atoms with van der Waals surface area (Å²) in [5, 5.41) is 5.32. The van der Waals surface area contributed by atoms with Gasteiger partial charge in [0.1, 0.15) is 5.52 Å². The summed E-state index contributed by atoms with van der Waals surface area (Å²) in [5.41, 5.74) is 0.868. The molecule has 0 fully saturated rings. The van der Waals surface area contributed by atoms with Crippen LogP contribution in [0.1, 0.15) is 22.7 Å². The highest BCUT2D eigenvalue weighted by Crippen LogP contribution is 2.32. The topological polar surface area (TPSA) is 102 Å². The van der Waals surface area contributed by atoms with E-state index in [1.54, 1.807) is 41.5 Å². The molecule has 8 nitrogen and oxygen atoms in total. The molecule has 2 N–H and O–H groups in total. The van der Waals surface area contributed by atoms with E-state index in [-0.39, 0.29) is 34.7 Å². The van der Waals surface area contributed by atoms with Gasteiger partial charge in [-0.2, -0.15) is 13.2 Å². The van der Waals surface area contributed by atoms with E-state index >= 15 is 0 Å². The summed E-state index contributed by atoms with van der Waals surface area (Å²) in [5.74, 6) is -2.08. The summed E-state index contributed by atoms with van der Waals surface area (Å²) in [6, 6.07) is 10.3. The maximum absolute atomic E-state index is 12.7. The molecule has 0 unspecified atom stereocenters. The smallest absolute Gasteiger partial charge is 0.433 e. The van der Waals surface area contributed by atoms with Crippen molar-refractivity contribution in [1.29, 1.82) is 0 Å². The first-order valence-corrected chi connectivity index (χ1v) is 9.43. The molecule has 0 spiro atoms. The predicted molar refractivity (Wildman–Crippen MR) is 109 cm³/mol. The van der Waals surface area contributed by atoms with Gasteiger partial charge in [0.25, 0.3) is 5.91 Å². The van der Waals surface area contributed by atoms with Crippen LogP contribution in [-0.2, 0) is 17.5 Å². The number of nitrogens with one attached hydrogen (secondary N) is 2. The lowest BCUT2D eigenvalue weighted by Crippen LogP contribution is -2.15. The normalized spacial score (nSPS) is 11.5. The molecule has 0 aliphatic rings. The number of oxazole rings is 1. The van der Waals surface area contributed by atoms with Crippen molar-refractivity contribution in [2.75, 3.05) is 10.6 Å². The molecule has 2 aromatic carbocycles. The fraction of sp³-hybridized carbons (Fsp3) is 0.143. The molecular weight excluding hydrogens is 427 g/mol. The third-order valence-corrected chi connectivity index (χ3v) is 4.45. The first kappa shape index (κ1) is 21.1. The van der Waals surface area contributed by atoms with Crippen molar-refractivity contribution >= 4 is 34.3 Å². The van der Waals surface area contributed by atoms with Gasteiger partial charge < -0.3 is 19.6 Å². The quantitative estimate of drug-likeness (QED) is 0.462. The Bertz CT molecular complexity index is 1270. The summed E-state index contributed by atoms with van der Waals surface area (Å²) in [6.07, 6.45) is 0.503. The number of anilines is 2. The predicted octanol–water partition coefficient (Wildman–Crippen LogP) is 4.32. The molecule has 2 aromatic heterocycles. The van der Waals surface area contributed by atoms with Gasteiger partial charge in [-0.1, -0.05) is 6.07 Å². The number of hydrogen-bond acceptors (Lipinski definition) is 5. The Hall–Kier alpha value is -4.15. The molecule has 11 heteroatoms. The maximum Gasteiger partial charge on any atom is 0.468 e. The molecule has 0 aliphatic heterocycles. The van der Waals surface area contributed by atoms with Crippen molar-refractivity contribution in [3.05, 3.63) is 72.6 Å². The first-order valence-electron chi connectivity index (χ1n) is 9.43. The number of halogens is 3. The molecule has 0 saturated heterocycles. The second-order valence-corrected chi connectivity index (χ2v) is 6.83. The lowest BCUT2D eigenvalue weighted by Gasteiger charge is -2.09. The van der Waals surface area contributed by atoms with Gasteiger partial charge in [-0.3, -0.25) is 9.59 Å². The monoisotopic (exact) mass is 443 g/mol. The zero-order chi connectivity index (χ0) is 22.7. The van der Waals surface area contributed by atoms with Gasteiger partial charge in [0.15, 0.2) is 5.58 Å². The molecule has 4 aromatic rings. The third-order valence-electron chi connectivity index (χ3n) is 4.45. The van der Waals surface area contributed by atoms with Crippen LogP contribution in [0.5, 0.6) is 0 Å². The summed E-state index contributed by atoms with van der Waals surface area (Å²) in [4.78, 5) is 32.0. The summed E-state index contributed by atoms with van der Waals surface area (Å²) in [7, 11) is 0. The molecule has 164 valence electrons. The van der Waals surface area contributed by atoms with Gasteiger partial charge in [-0.25, -0.2) is 9.97 Å². The first-order chi connectivity index (χ1) is 15.3. The number of hydrogen-bond donors (Lipinski definition) is 2. The van der Waals surface area contributed by atoms with Crippen LogP contribution in [0.25, 0.3) is 11.1 Å². The Morgan fingerprint density at radius 1 is 1.06 bits per heavy atom. The maximum atomic E-state index is 12.7. The number of alkyl halides is 3. The van der Waals surface area contributed by atoms with Crippen LogP contribution in [0.2, 0.25) is 0 Å². The van der Waals surface area contributed by atoms with E-state index in [9.17, 15) is 22.8 Å². The SMILES string of the molecule is O=C(CCn1ccnc1)Nc1cccc(C(=O)Nc2ccc3oc(C(F)(F)F)nc3c2)c1. The van der Waals surface area contributed by atoms with Crippen LogP contribution in [0.4, 0.5) is 24.5 Å². The lowest BCUT2D eigenvalue weighted by atomic mass is 10.1. The van der Waals surface area contributed by atoms with Gasteiger partial charge in [-0.05, 0) is 36.4 Å². The van der Waals surface area contributed by atoms with Gasteiger partial charge >= 0.3 is 12.1 Å². The number of rotatable bonds is 6. The van der Waals surface area contributed by atoms with Gasteiger partial charge in [0.05, 0.1) is 6.33 Å². The summed E-state index contributed by atoms with van der Waals surface area (Å²) >= 11 is 0. The van der Waals surface area contributed by atoms with E-state index in [2.05, 4.69) is 25.0 Å². The molecule has 0 radical (unpaired) electrons. The number of nitrogens with zero attached hydrogens (tertiary/aromatic N) is 3. The van der Waals surface area contributed by atoms with Crippen LogP contribution >= 0.6 is 0 Å². The number of benzene rings is 2. The molecule has 0 bridgehead atoms. The minimum Gasteiger partial charge on any atom is -0.433 e. The van der Waals surface area contributed by atoms with E-state index in [1.807, 2.05) is 0 Å². The lowest BCUT2D eigenvalue weighted by molar-refractivity contribution is -0.156. The van der Waals surface area contributed by atoms with Gasteiger partial charge in [0, 0.05) is 42.3 Å². The van der Waals surface area contributed by atoms with E-state index < -0.39 is 18.0 Å². The van der Waals surface area contributed by atoms with E-state index in [0.717, 1.165) is 0 Å². The Balaban J connectivity index is 1.41. The zero-order valence-corrected chi connectivity index (χ0v) is 16.4. The Morgan fingerprint density at radius 2 is 1.88 bits per heavy atom. The minimum atomic E-state index is -4.70. The van der Waals surface area contributed by atoms with Crippen molar-refractivity contribution in [3.8, 4) is 0 Å². The van der Waals surface area contributed by atoms with Crippen LogP contribution in [-0.4, -0.2) is 26.3 Å². The summed E-state index contributed by atoms with van der Waals surface area (Å²) < 4.78 is 44.7. The highest BCUT2D eigenvalue weighted by Gasteiger charge is 2.37. The number of amides is 2. The van der Waals surface area contributed by atoms with Crippen molar-refractivity contribution < 1.29 is 27.2 Å². The van der Waals surface area contributed by atoms with Crippen LogP contribution in [0.15, 0.2) is 65.6 Å². The number of imidazole rings is 1. The fourth-order valence-electron chi connectivity index (χ4n) is 2.94. The number of aryl methyl sites for hydroxylation is 1. The van der Waals surface area contributed by atoms with Crippen molar-refractivity contribution in [1.82, 2.24) is 14.5 Å². The number of carbonyl (C=O) groups excluding carboxylic acids is 2.